The zero-order valence-corrected chi connectivity index (χ0v) is 83.0. The number of amides is 20. The minimum absolute atomic E-state index is 0.0307. The summed E-state index contributed by atoms with van der Waals surface area (Å²) < 4.78 is 0. The number of nitrogens with one attached hydrogen (secondary N) is 20. The first-order chi connectivity index (χ1) is 68.3. The number of hydrogen-bond acceptors (Lipinski definition) is 28. The summed E-state index contributed by atoms with van der Waals surface area (Å²) in [6, 6.07) is -7.76. The highest BCUT2D eigenvalue weighted by molar-refractivity contribution is 7.99. The van der Waals surface area contributed by atoms with Crippen molar-refractivity contribution in [3.63, 3.8) is 0 Å². The molecule has 27 N–H and O–H groups in total. The Hall–Kier alpha value is -13.9. The maximum absolute atomic E-state index is 16.8. The van der Waals surface area contributed by atoms with Crippen molar-refractivity contribution in [1.29, 1.82) is 0 Å². The number of nitrogens with zero attached hydrogens (tertiary/aromatic N) is 1. The third kappa shape index (κ3) is 29.2. The molecule has 5 fully saturated rings. The van der Waals surface area contributed by atoms with Gasteiger partial charge < -0.3 is 137 Å². The Labute approximate surface area is 844 Å². The first kappa shape index (κ1) is 112. The molecule has 0 radical (unpaired) electrons. The average molecular weight is 2080 g/mol. The zero-order valence-electron chi connectivity index (χ0n) is 79.6. The van der Waals surface area contributed by atoms with Crippen LogP contribution in [0, 0.1) is 11.8 Å². The Bertz CT molecular complexity index is 5750. The second-order valence-corrected chi connectivity index (χ2v) is 39.2. The number of primary amides is 1. The van der Waals surface area contributed by atoms with E-state index in [2.05, 4.69) is 131 Å². The highest BCUT2D eigenvalue weighted by Gasteiger charge is 2.52. The van der Waals surface area contributed by atoms with Gasteiger partial charge in [0, 0.05) is 114 Å². The number of carbonyl (C=O) groups is 22. The minimum atomic E-state index is -2.92. The molecule has 0 unspecified atom stereocenters. The number of H-pyrrole nitrogens is 2. The molecule has 48 nitrogen and oxygen atoms in total. The molecule has 778 valence electrons. The van der Waals surface area contributed by atoms with Gasteiger partial charge in [0.15, 0.2) is 0 Å². The molecule has 52 heteroatoms. The minimum Gasteiger partial charge on any atom is -0.481 e. The van der Waals surface area contributed by atoms with Gasteiger partial charge in [-0.2, -0.15) is 48.8 Å². The predicted molar refractivity (Wildman–Crippen MR) is 527 cm³/mol. The molecule has 0 saturated carbocycles. The van der Waals surface area contributed by atoms with Crippen LogP contribution in [0.3, 0.4) is 0 Å². The number of nitrogens with two attached hydrogens (primary N) is 2. The molecule has 5 saturated heterocycles. The second kappa shape index (κ2) is 50.9. The molecule has 0 aliphatic carbocycles. The number of aliphatic hydroxyl groups excluding tert-OH is 1. The van der Waals surface area contributed by atoms with E-state index in [9.17, 15) is 68.1 Å². The first-order valence-corrected chi connectivity index (χ1v) is 50.0. The summed E-state index contributed by atoms with van der Waals surface area (Å²) in [6.07, 6.45) is -3.27. The molecule has 19 atom stereocenters. The lowest BCUT2D eigenvalue weighted by Crippen LogP contribution is -2.68. The standard InChI is InChI=1S/C92H121N23O25S4/c1-8-52-74(123)107-64(83(132)106-62(37-142)88(137)138)39-144-41-92(89(139)109-58(29-48-34-96-54-22-15-13-20-50(48)54)79(128)110-70(43(4)5)87(136)115-26-16-23-65(115)84(133)102-56(77(126)99-52)27-46-17-10-9-11-18-46)32-60(80(129)111-71(45(7)116)85(134)97-35-67(118)113-92)104-81(130)61(36-141)105-82(131)63-38-143-40-91(31-51(93)73(122)101-59(30-66(94)117)76(125)98-44(6)72(121)114-91)90(140)112-69(42(2)3)86(135)103-57(28-47-33-95-53-21-14-12-19-49(47)53)78(127)100-55(75(124)108-63)24-25-68(119)120/h8-15,17-22,33-34,42-45,51,55-65,69-71,95-96,116,141-142H,16,23-32,35-41,93H2,1-7H3,(H2,94,117)(H,97,134)(H,98,125)(H,99,126)(H,100,127)(H,101,122)(H,102,133)(H,103,135)(H,104,130)(H,105,131)(H,106,132)(H,107,123)(H,108,124)(H,109,139)(H,110,128)(H,111,129)(H,112,140)(H,113,118)(H,114,121)(H,119,120)(H,137,138)/b52-8-/t44-,45+,51-,55-,56-,57-,58-,59-,60-,61+,62-,63-,64-,65-,69-,70-,71-,91+,92+/m0/s1. The third-order valence-electron chi connectivity index (χ3n) is 24.9. The molecule has 2 spiro atoms. The van der Waals surface area contributed by atoms with Gasteiger partial charge in [-0.15, -0.1) is 0 Å². The smallest absolute Gasteiger partial charge is 0.327 e. The molecule has 5 aliphatic heterocycles. The number of aliphatic carboxylic acids is 2. The molecule has 0 bridgehead atoms. The number of allylic oxidation sites excluding steroid dienone is 1. The lowest BCUT2D eigenvalue weighted by Gasteiger charge is -2.38. The van der Waals surface area contributed by atoms with E-state index in [1.165, 1.54) is 38.1 Å². The number of rotatable bonds is 23. The highest BCUT2D eigenvalue weighted by Crippen LogP contribution is 2.30. The lowest BCUT2D eigenvalue weighted by molar-refractivity contribution is -0.143. The van der Waals surface area contributed by atoms with Crippen LogP contribution in [-0.2, 0) is 125 Å². The van der Waals surface area contributed by atoms with E-state index >= 15 is 52.7 Å². The van der Waals surface area contributed by atoms with Gasteiger partial charge in [0.2, 0.25) is 112 Å². The van der Waals surface area contributed by atoms with Gasteiger partial charge in [0.1, 0.15) is 107 Å². The van der Waals surface area contributed by atoms with Crippen molar-refractivity contribution in [3.05, 3.63) is 120 Å². The van der Waals surface area contributed by atoms with E-state index in [0.29, 0.717) is 62.0 Å². The van der Waals surface area contributed by atoms with Gasteiger partial charge in [0.05, 0.1) is 25.1 Å². The number of carboxylic acid groups (broad SMARTS) is 2. The van der Waals surface area contributed by atoms with E-state index in [0.717, 1.165) is 19.9 Å². The fourth-order valence-corrected chi connectivity index (χ4v) is 19.9. The third-order valence-corrected chi connectivity index (χ3v) is 28.1. The van der Waals surface area contributed by atoms with Crippen LogP contribution in [0.2, 0.25) is 0 Å². The number of thioether (sulfide) groups is 2. The molecule has 5 aromatic rings. The molecular formula is C92H121N23O25S4. The summed E-state index contributed by atoms with van der Waals surface area (Å²) in [4.78, 5) is 334. The lowest BCUT2D eigenvalue weighted by atomic mass is 9.89. The maximum Gasteiger partial charge on any atom is 0.327 e. The van der Waals surface area contributed by atoms with Crippen molar-refractivity contribution in [3.8, 4) is 0 Å². The van der Waals surface area contributed by atoms with Gasteiger partial charge in [0.25, 0.3) is 5.91 Å². The molecule has 5 aliphatic rings. The number of carboxylic acids is 2. The largest absolute Gasteiger partial charge is 0.481 e. The number of hydrogen-bond donors (Lipinski definition) is 27. The van der Waals surface area contributed by atoms with Crippen LogP contribution >= 0.6 is 48.8 Å². The van der Waals surface area contributed by atoms with Crippen LogP contribution in [0.25, 0.3) is 21.8 Å². The van der Waals surface area contributed by atoms with Crippen LogP contribution in [-0.4, -0.2) is 322 Å². The van der Waals surface area contributed by atoms with Gasteiger partial charge in [-0.1, -0.05) is 101 Å². The molecule has 20 amide bonds. The number of para-hydroxylation sites is 2. The molecule has 144 heavy (non-hydrogen) atoms. The second-order valence-electron chi connectivity index (χ2n) is 36.4. The van der Waals surface area contributed by atoms with Crippen LogP contribution in [0.4, 0.5) is 0 Å². The van der Waals surface area contributed by atoms with E-state index in [1.54, 1.807) is 92.7 Å². The fraction of sp³-hybridized carbons (Fsp3) is 0.500. The van der Waals surface area contributed by atoms with Crippen LogP contribution in [0.5, 0.6) is 0 Å². The Morgan fingerprint density at radius 3 is 1.65 bits per heavy atom. The number of thiol groups is 2. The van der Waals surface area contributed by atoms with Crippen LogP contribution < -0.4 is 107 Å². The summed E-state index contributed by atoms with van der Waals surface area (Å²) in [5.74, 6) is -33.8. The van der Waals surface area contributed by atoms with E-state index < -0.39 is 341 Å². The van der Waals surface area contributed by atoms with Crippen molar-refractivity contribution >= 4 is 201 Å². The van der Waals surface area contributed by atoms with E-state index in [4.69, 9.17) is 11.5 Å². The quantitative estimate of drug-likeness (QED) is 0.0214. The van der Waals surface area contributed by atoms with E-state index in [1.807, 2.05) is 0 Å². The number of aromatic nitrogens is 2. The zero-order chi connectivity index (χ0) is 105. The monoisotopic (exact) mass is 2080 g/mol. The predicted octanol–water partition coefficient (Wildman–Crippen LogP) is -6.67. The van der Waals surface area contributed by atoms with Crippen molar-refractivity contribution in [2.75, 3.05) is 47.6 Å². The summed E-state index contributed by atoms with van der Waals surface area (Å²) in [6.45, 7) is 8.46. The van der Waals surface area contributed by atoms with Gasteiger partial charge in [-0.3, -0.25) is 101 Å². The summed E-state index contributed by atoms with van der Waals surface area (Å²) in [5, 5.41) is 77.8. The van der Waals surface area contributed by atoms with Crippen LogP contribution in [0.15, 0.2) is 103 Å². The topological polar surface area (TPSA) is 740 Å². The van der Waals surface area contributed by atoms with Gasteiger partial charge in [-0.25, -0.2) is 4.79 Å². The summed E-state index contributed by atoms with van der Waals surface area (Å²) in [7, 11) is 0. The first-order valence-electron chi connectivity index (χ1n) is 46.4. The Balaban J connectivity index is 1.10. The Morgan fingerprint density at radius 2 is 1.07 bits per heavy atom. The molecular weight excluding hydrogens is 1960 g/mol. The summed E-state index contributed by atoms with van der Waals surface area (Å²) in [5.41, 5.74) is 8.34. The maximum atomic E-state index is 16.8. The SMILES string of the molecule is C/C=C1\NC(=O)[C@H](Cc2ccccc2)NC(=O)[C@@H]2CCCN2C(=O)[C@H](C(C)C)NC(=O)[C@H](Cc2c[nH]c3ccccc23)NC(=O)[C@]2(CSC[C@@H](C(=O)N[C@@H](CS)C(=O)O)NC1=O)C[C@H](NC(=O)[C@@H](CS)NC(=O)[C@@H]1CSC[C@]3(C[C@H](N)C(=O)N[C@@H](CC(N)=O)C(=O)N[C@@H](C)C(=O)N3)C(=O)N[C@@H](C(C)C)C(=O)N[C@@H](Cc3c[nH]c4ccccc34)C(=O)N[C@@H](CCC(=O)O)C(=O)N1)C(=O)N[C@@H]([C@@H](C)O)C(=O)NCC(=O)N2. The van der Waals surface area contributed by atoms with Gasteiger partial charge in [-0.05, 0) is 80.7 Å². The van der Waals surface area contributed by atoms with Crippen molar-refractivity contribution in [2.24, 2.45) is 23.3 Å². The van der Waals surface area contributed by atoms with Crippen molar-refractivity contribution in [1.82, 2.24) is 111 Å². The number of fused-ring (bicyclic) bond motifs is 3. The number of aromatic amines is 2. The van der Waals surface area contributed by atoms with Crippen molar-refractivity contribution < 1.29 is 121 Å². The normalized spacial score (nSPS) is 27.2. The molecule has 3 aromatic carbocycles. The average Bonchev–Trinajstić information content (AvgIpc) is 1.38. The van der Waals surface area contributed by atoms with Gasteiger partial charge >= 0.3 is 11.9 Å². The molecule has 10 rings (SSSR count). The molecule has 7 heterocycles. The number of carbonyl (C=O) groups excluding carboxylic acids is 20. The Morgan fingerprint density at radius 1 is 0.549 bits per heavy atom. The summed E-state index contributed by atoms with van der Waals surface area (Å²) >= 11 is 9.59. The fourth-order valence-electron chi connectivity index (χ4n) is 16.9. The van der Waals surface area contributed by atoms with Crippen molar-refractivity contribution in [2.45, 2.75) is 227 Å². The Kier molecular flexibility index (Phi) is 39.6. The molecule has 2 aromatic heterocycles. The van der Waals surface area contributed by atoms with E-state index in [-0.39, 0.29) is 32.2 Å². The highest BCUT2D eigenvalue weighted by atomic mass is 32.2. The number of aliphatic hydroxyl groups is 1. The van der Waals surface area contributed by atoms with Crippen LogP contribution in [0.1, 0.15) is 110 Å². The number of benzene rings is 3.